The van der Waals surface area contributed by atoms with Crippen molar-refractivity contribution >= 4 is 13.9 Å². The molecule has 0 amide bonds. The number of esters is 1. The molecule has 0 aliphatic rings. The molecular formula is C9H15NO3P+. The Kier molecular flexibility index (Phi) is 5.47. The monoisotopic (exact) mass is 216 g/mol. The predicted molar refractivity (Wildman–Crippen MR) is 54.2 cm³/mol. The summed E-state index contributed by atoms with van der Waals surface area (Å²) in [5, 5.41) is 0. The number of hydrogen-bond donors (Lipinski definition) is 0. The number of carbonyl (C=O) groups is 1. The number of nitrogens with zero attached hydrogens (tertiary/aromatic N) is 1. The number of rotatable bonds is 4. The maximum absolute atomic E-state index is 11.0. The van der Waals surface area contributed by atoms with E-state index in [9.17, 15) is 9.36 Å². The minimum atomic E-state index is -0.398. The number of carbonyl (C=O) groups excluding carboxylic acids is 1. The van der Waals surface area contributed by atoms with Gasteiger partial charge < -0.3 is 0 Å². The van der Waals surface area contributed by atoms with Gasteiger partial charge in [-0.1, -0.05) is 0 Å². The average Bonchev–Trinajstić information content (AvgIpc) is 2.03. The summed E-state index contributed by atoms with van der Waals surface area (Å²) in [5.74, 6) is 2.27. The zero-order valence-electron chi connectivity index (χ0n) is 8.74. The van der Waals surface area contributed by atoms with Crippen LogP contribution >= 0.6 is 7.92 Å². The van der Waals surface area contributed by atoms with E-state index in [-0.39, 0.29) is 14.5 Å². The number of ether oxygens (including phenoxy) is 1. The quantitative estimate of drug-likeness (QED) is 0.308. The van der Waals surface area contributed by atoms with Crippen molar-refractivity contribution in [1.29, 1.82) is 0 Å². The zero-order valence-corrected chi connectivity index (χ0v) is 9.63. The van der Waals surface area contributed by atoms with Crippen molar-refractivity contribution in [3.8, 4) is 5.75 Å². The zero-order chi connectivity index (χ0) is 11.2. The summed E-state index contributed by atoms with van der Waals surface area (Å²) in [5.41, 5.74) is 0.380. The van der Waals surface area contributed by atoms with Crippen LogP contribution in [-0.2, 0) is 14.1 Å². The van der Waals surface area contributed by atoms with E-state index in [2.05, 4.69) is 12.3 Å². The first-order valence-electron chi connectivity index (χ1n) is 4.14. The fourth-order valence-corrected chi connectivity index (χ4v) is 0.971. The first-order chi connectivity index (χ1) is 6.39. The van der Waals surface area contributed by atoms with Gasteiger partial charge in [-0.05, 0) is 0 Å². The van der Waals surface area contributed by atoms with Crippen LogP contribution in [0, 0.1) is 5.75 Å². The van der Waals surface area contributed by atoms with E-state index in [4.69, 9.17) is 4.74 Å². The summed E-state index contributed by atoms with van der Waals surface area (Å²) in [6.45, 7) is 5.85. The summed E-state index contributed by atoms with van der Waals surface area (Å²) in [6.07, 6.45) is 0. The third kappa shape index (κ3) is 5.76. The molecule has 5 heteroatoms. The normalized spacial score (nSPS) is 10.2. The second-order valence-corrected chi connectivity index (χ2v) is 3.90. The van der Waals surface area contributed by atoms with Crippen molar-refractivity contribution in [3.05, 3.63) is 12.2 Å². The molecule has 0 aliphatic carbocycles. The fraction of sp³-hybridized carbons (Fsp3) is 0.556. The Morgan fingerprint density at radius 1 is 1.57 bits per heavy atom. The van der Waals surface area contributed by atoms with E-state index >= 15 is 0 Å². The van der Waals surface area contributed by atoms with E-state index in [1.54, 1.807) is 6.92 Å². The predicted octanol–water partition coefficient (Wildman–Crippen LogP) is 1.39. The van der Waals surface area contributed by atoms with Crippen molar-refractivity contribution < 1.29 is 18.6 Å². The molecule has 0 aromatic heterocycles. The van der Waals surface area contributed by atoms with Crippen LogP contribution in [0.3, 0.4) is 0 Å². The Balaban J connectivity index is 3.95. The first-order valence-corrected chi connectivity index (χ1v) is 4.95. The fourth-order valence-electron chi connectivity index (χ4n) is 0.650. The molecule has 0 aromatic carbocycles. The molecule has 0 saturated heterocycles. The molecule has 14 heavy (non-hydrogen) atoms. The van der Waals surface area contributed by atoms with E-state index < -0.39 is 5.97 Å². The average molecular weight is 216 g/mol. The number of likely N-dealkylation sites (N-methyl/N-ethyl adjacent to an activating group) is 1. The van der Waals surface area contributed by atoms with Crippen LogP contribution in [0.1, 0.15) is 6.92 Å². The minimum absolute atomic E-state index is 0.144. The topological polar surface area (TPSA) is 43.4 Å². The molecule has 0 rings (SSSR count). The molecule has 0 radical (unpaired) electrons. The molecule has 0 atom stereocenters. The standard InChI is InChI=1S/C9H15NO3P/c1-8(2)9(11)13-6-5-10(3,4)7-14-12/h1,5-6H2,2-4H3/q+1. The van der Waals surface area contributed by atoms with Gasteiger partial charge in [-0.3, -0.25) is 0 Å². The molecule has 4 nitrogen and oxygen atoms in total. The molecular weight excluding hydrogens is 201 g/mol. The third-order valence-electron chi connectivity index (χ3n) is 1.54. The van der Waals surface area contributed by atoms with Crippen LogP contribution in [0.15, 0.2) is 12.2 Å². The van der Waals surface area contributed by atoms with Gasteiger partial charge in [-0.15, -0.1) is 0 Å². The SMILES string of the molecule is C=C(C)C(=O)OCC[N+](C)(C)C#P=O. The van der Waals surface area contributed by atoms with Gasteiger partial charge >= 0.3 is 84.5 Å². The van der Waals surface area contributed by atoms with E-state index in [1.165, 1.54) is 0 Å². The van der Waals surface area contributed by atoms with Crippen molar-refractivity contribution in [2.75, 3.05) is 27.2 Å². The van der Waals surface area contributed by atoms with Gasteiger partial charge in [-0.25, -0.2) is 0 Å². The molecule has 0 fully saturated rings. The van der Waals surface area contributed by atoms with E-state index in [1.807, 2.05) is 14.1 Å². The van der Waals surface area contributed by atoms with Gasteiger partial charge in [0.05, 0.1) is 0 Å². The van der Waals surface area contributed by atoms with Gasteiger partial charge in [0.2, 0.25) is 0 Å². The molecule has 0 heterocycles. The van der Waals surface area contributed by atoms with Gasteiger partial charge in [0.25, 0.3) is 0 Å². The molecule has 78 valence electrons. The Bertz CT molecular complexity index is 329. The second-order valence-electron chi connectivity index (χ2n) is 3.52. The molecule has 0 N–H and O–H groups in total. The summed E-state index contributed by atoms with van der Waals surface area (Å²) in [7, 11) is 3.49. The summed E-state index contributed by atoms with van der Waals surface area (Å²) in [6, 6.07) is 0. The summed E-state index contributed by atoms with van der Waals surface area (Å²) >= 11 is 0. The maximum atomic E-state index is 11.0. The van der Waals surface area contributed by atoms with Crippen LogP contribution in [0.4, 0.5) is 0 Å². The van der Waals surface area contributed by atoms with Gasteiger partial charge in [0.1, 0.15) is 0 Å². The Labute approximate surface area is 85.3 Å². The molecule has 0 unspecified atom stereocenters. The van der Waals surface area contributed by atoms with Gasteiger partial charge in [-0.2, -0.15) is 0 Å². The number of hydrogen-bond acceptors (Lipinski definition) is 3. The summed E-state index contributed by atoms with van der Waals surface area (Å²) in [4.78, 5) is 11.0. The molecule has 0 aliphatic heterocycles. The van der Waals surface area contributed by atoms with Crippen LogP contribution in [0.2, 0.25) is 0 Å². The molecule has 0 saturated carbocycles. The van der Waals surface area contributed by atoms with Crippen molar-refractivity contribution in [2.24, 2.45) is 0 Å². The molecule has 0 spiro atoms. The summed E-state index contributed by atoms with van der Waals surface area (Å²) < 4.78 is 15.5. The van der Waals surface area contributed by atoms with Gasteiger partial charge in [0, 0.05) is 0 Å². The van der Waals surface area contributed by atoms with Crippen LogP contribution < -0.4 is 0 Å². The Morgan fingerprint density at radius 3 is 2.57 bits per heavy atom. The second kappa shape index (κ2) is 5.82. The van der Waals surface area contributed by atoms with Crippen molar-refractivity contribution in [3.63, 3.8) is 0 Å². The van der Waals surface area contributed by atoms with E-state index in [0.717, 1.165) is 0 Å². The van der Waals surface area contributed by atoms with Crippen molar-refractivity contribution in [2.45, 2.75) is 6.92 Å². The van der Waals surface area contributed by atoms with Gasteiger partial charge in [0.15, 0.2) is 0 Å². The Hall–Kier alpha value is -0.820. The molecule has 0 bridgehead atoms. The van der Waals surface area contributed by atoms with Crippen LogP contribution in [0.5, 0.6) is 0 Å². The van der Waals surface area contributed by atoms with Crippen molar-refractivity contribution in [1.82, 2.24) is 0 Å². The van der Waals surface area contributed by atoms with Crippen LogP contribution in [-0.4, -0.2) is 37.7 Å². The van der Waals surface area contributed by atoms with E-state index in [0.29, 0.717) is 16.6 Å². The molecule has 0 aromatic rings. The number of quaternary nitrogens is 1. The Morgan fingerprint density at radius 2 is 2.14 bits per heavy atom. The first kappa shape index (κ1) is 13.2. The van der Waals surface area contributed by atoms with Crippen LogP contribution in [0.25, 0.3) is 0 Å². The third-order valence-corrected chi connectivity index (χ3v) is 2.17.